The standard InChI is InChI=1S/C75H136O6/c1-4-7-10-13-16-19-22-25-27-28-29-30-31-32-33-34-35-36-37-38-39-40-41-42-43-44-45-46-48-50-53-56-59-62-65-68-74(77)80-71-72(70-79-73(76)67-64-61-58-55-52-49-24-21-18-15-12-9-6-3)81-75(78)69-66-63-60-57-54-51-47-26-23-20-17-14-11-8-5-2/h7,10,16,19,21,24-25,27,29-30,72H,4-6,8-9,11-15,17-18,20,22-23,26,28,31-71H2,1-3H3/b10-7-,19-16-,24-21-,27-25-,30-29-. The van der Waals surface area contributed by atoms with Crippen molar-refractivity contribution >= 4 is 17.9 Å². The normalized spacial score (nSPS) is 12.4. The number of hydrogen-bond donors (Lipinski definition) is 0. The van der Waals surface area contributed by atoms with Crippen LogP contribution in [0.1, 0.15) is 380 Å². The molecule has 472 valence electrons. The molecule has 0 saturated heterocycles. The number of esters is 3. The zero-order valence-corrected chi connectivity index (χ0v) is 54.3. The molecule has 0 bridgehead atoms. The van der Waals surface area contributed by atoms with Crippen LogP contribution in [0.5, 0.6) is 0 Å². The van der Waals surface area contributed by atoms with Crippen LogP contribution in [0.3, 0.4) is 0 Å². The van der Waals surface area contributed by atoms with E-state index >= 15 is 0 Å². The van der Waals surface area contributed by atoms with Crippen molar-refractivity contribution in [2.45, 2.75) is 386 Å². The Morgan fingerprint density at radius 2 is 0.481 bits per heavy atom. The molecule has 0 rings (SSSR count). The number of allylic oxidation sites excluding steroid dienone is 10. The first kappa shape index (κ1) is 78.1. The van der Waals surface area contributed by atoms with Gasteiger partial charge < -0.3 is 14.2 Å². The Balaban J connectivity index is 4.06. The highest BCUT2D eigenvalue weighted by molar-refractivity contribution is 5.71. The molecule has 1 atom stereocenters. The number of ether oxygens (including phenoxy) is 3. The Hall–Kier alpha value is -2.89. The Morgan fingerprint density at radius 3 is 0.778 bits per heavy atom. The maximum atomic E-state index is 12.9. The summed E-state index contributed by atoms with van der Waals surface area (Å²) in [6.07, 6.45) is 89.8. The summed E-state index contributed by atoms with van der Waals surface area (Å²) in [5.41, 5.74) is 0. The number of carbonyl (C=O) groups is 3. The molecule has 0 aliphatic rings. The van der Waals surface area contributed by atoms with Crippen molar-refractivity contribution < 1.29 is 28.6 Å². The molecule has 81 heavy (non-hydrogen) atoms. The van der Waals surface area contributed by atoms with Gasteiger partial charge in [0.15, 0.2) is 6.10 Å². The lowest BCUT2D eigenvalue weighted by Crippen LogP contribution is -2.30. The molecular weight excluding hydrogens is 997 g/mol. The van der Waals surface area contributed by atoms with Gasteiger partial charge in [-0.1, -0.05) is 338 Å². The van der Waals surface area contributed by atoms with Crippen LogP contribution in [0.25, 0.3) is 0 Å². The van der Waals surface area contributed by atoms with Crippen molar-refractivity contribution in [3.8, 4) is 0 Å². The third-order valence-electron chi connectivity index (χ3n) is 16.0. The first-order valence-electron chi connectivity index (χ1n) is 35.8. The topological polar surface area (TPSA) is 78.9 Å². The van der Waals surface area contributed by atoms with Gasteiger partial charge >= 0.3 is 17.9 Å². The fourth-order valence-electron chi connectivity index (χ4n) is 10.7. The highest BCUT2D eigenvalue weighted by Gasteiger charge is 2.19. The van der Waals surface area contributed by atoms with Gasteiger partial charge in [0, 0.05) is 19.3 Å². The summed E-state index contributed by atoms with van der Waals surface area (Å²) >= 11 is 0. The summed E-state index contributed by atoms with van der Waals surface area (Å²) in [6.45, 7) is 6.56. The van der Waals surface area contributed by atoms with E-state index in [4.69, 9.17) is 14.2 Å². The summed E-state index contributed by atoms with van der Waals surface area (Å²) < 4.78 is 17.0. The summed E-state index contributed by atoms with van der Waals surface area (Å²) in [6, 6.07) is 0. The van der Waals surface area contributed by atoms with Gasteiger partial charge in [0.25, 0.3) is 0 Å². The molecule has 6 heteroatoms. The molecule has 0 heterocycles. The fourth-order valence-corrected chi connectivity index (χ4v) is 10.7. The van der Waals surface area contributed by atoms with Crippen LogP contribution in [0.15, 0.2) is 60.8 Å². The average molecular weight is 1130 g/mol. The molecular formula is C75H136O6. The lowest BCUT2D eigenvalue weighted by Gasteiger charge is -2.18. The van der Waals surface area contributed by atoms with Crippen molar-refractivity contribution in [2.24, 2.45) is 0 Å². The van der Waals surface area contributed by atoms with Crippen LogP contribution >= 0.6 is 0 Å². The van der Waals surface area contributed by atoms with Crippen molar-refractivity contribution in [2.75, 3.05) is 13.2 Å². The molecule has 0 aliphatic heterocycles. The summed E-state index contributed by atoms with van der Waals surface area (Å²) in [5, 5.41) is 0. The van der Waals surface area contributed by atoms with E-state index in [-0.39, 0.29) is 31.1 Å². The first-order valence-corrected chi connectivity index (χ1v) is 35.8. The molecule has 0 aromatic heterocycles. The first-order chi connectivity index (χ1) is 40.0. The van der Waals surface area contributed by atoms with E-state index in [0.29, 0.717) is 19.3 Å². The fraction of sp³-hybridized carbons (Fsp3) is 0.827. The van der Waals surface area contributed by atoms with E-state index in [1.165, 1.54) is 250 Å². The quantitative estimate of drug-likeness (QED) is 0.0261. The molecule has 0 aromatic rings. The van der Waals surface area contributed by atoms with E-state index in [9.17, 15) is 14.4 Å². The highest BCUT2D eigenvalue weighted by Crippen LogP contribution is 2.18. The van der Waals surface area contributed by atoms with Gasteiger partial charge in [-0.05, 0) is 83.5 Å². The van der Waals surface area contributed by atoms with E-state index in [0.717, 1.165) is 89.9 Å². The van der Waals surface area contributed by atoms with Gasteiger partial charge in [0.2, 0.25) is 0 Å². The molecule has 0 amide bonds. The van der Waals surface area contributed by atoms with Crippen molar-refractivity contribution in [1.29, 1.82) is 0 Å². The summed E-state index contributed by atoms with van der Waals surface area (Å²) in [5.74, 6) is -0.852. The third-order valence-corrected chi connectivity index (χ3v) is 16.0. The second kappa shape index (κ2) is 69.6. The lowest BCUT2D eigenvalue weighted by atomic mass is 10.0. The predicted molar refractivity (Wildman–Crippen MR) is 353 cm³/mol. The van der Waals surface area contributed by atoms with Gasteiger partial charge in [0.1, 0.15) is 13.2 Å². The lowest BCUT2D eigenvalue weighted by molar-refractivity contribution is -0.167. The van der Waals surface area contributed by atoms with Crippen LogP contribution in [0.4, 0.5) is 0 Å². The Labute approximate surface area is 504 Å². The number of rotatable bonds is 66. The molecule has 0 aromatic carbocycles. The van der Waals surface area contributed by atoms with E-state index < -0.39 is 6.10 Å². The smallest absolute Gasteiger partial charge is 0.306 e. The zero-order valence-electron chi connectivity index (χ0n) is 54.3. The third kappa shape index (κ3) is 67.8. The average Bonchev–Trinajstić information content (AvgIpc) is 3.46. The maximum absolute atomic E-state index is 12.9. The predicted octanol–water partition coefficient (Wildman–Crippen LogP) is 24.7. The molecule has 0 saturated carbocycles. The second-order valence-electron chi connectivity index (χ2n) is 24.1. The van der Waals surface area contributed by atoms with Crippen LogP contribution in [0.2, 0.25) is 0 Å². The SMILES string of the molecule is CC/C=C\C/C=C\C/C=C\C/C=C\CCCCCCCCCCCCCCCCCCCCCCCCC(=O)OCC(COC(=O)CCCCCCC/C=C\CCCCCC)OC(=O)CCCCCCCCCCCCCCCCC. The maximum Gasteiger partial charge on any atom is 0.306 e. The minimum Gasteiger partial charge on any atom is -0.462 e. The Morgan fingerprint density at radius 1 is 0.259 bits per heavy atom. The number of carbonyl (C=O) groups excluding carboxylic acids is 3. The summed E-state index contributed by atoms with van der Waals surface area (Å²) in [4.78, 5) is 38.3. The molecule has 1 unspecified atom stereocenters. The van der Waals surface area contributed by atoms with Crippen LogP contribution in [-0.2, 0) is 28.6 Å². The minimum absolute atomic E-state index is 0.0697. The van der Waals surface area contributed by atoms with Gasteiger partial charge in [-0.3, -0.25) is 14.4 Å². The molecule has 6 nitrogen and oxygen atoms in total. The van der Waals surface area contributed by atoms with Crippen LogP contribution in [-0.4, -0.2) is 37.2 Å². The Kier molecular flexibility index (Phi) is 67.1. The van der Waals surface area contributed by atoms with Crippen molar-refractivity contribution in [1.82, 2.24) is 0 Å². The molecule has 0 radical (unpaired) electrons. The van der Waals surface area contributed by atoms with E-state index in [1.54, 1.807) is 0 Å². The second-order valence-corrected chi connectivity index (χ2v) is 24.1. The highest BCUT2D eigenvalue weighted by atomic mass is 16.6. The monoisotopic (exact) mass is 1130 g/mol. The van der Waals surface area contributed by atoms with E-state index in [2.05, 4.69) is 81.5 Å². The summed E-state index contributed by atoms with van der Waals surface area (Å²) in [7, 11) is 0. The number of hydrogen-bond acceptors (Lipinski definition) is 6. The van der Waals surface area contributed by atoms with Gasteiger partial charge in [0.05, 0.1) is 0 Å². The van der Waals surface area contributed by atoms with Gasteiger partial charge in [-0.25, -0.2) is 0 Å². The van der Waals surface area contributed by atoms with E-state index in [1.807, 2.05) is 0 Å². The zero-order chi connectivity index (χ0) is 58.5. The largest absolute Gasteiger partial charge is 0.462 e. The van der Waals surface area contributed by atoms with Crippen molar-refractivity contribution in [3.63, 3.8) is 0 Å². The van der Waals surface area contributed by atoms with Crippen LogP contribution < -0.4 is 0 Å². The van der Waals surface area contributed by atoms with Crippen molar-refractivity contribution in [3.05, 3.63) is 60.8 Å². The molecule has 0 aliphatic carbocycles. The molecule has 0 spiro atoms. The number of unbranched alkanes of at least 4 members (excludes halogenated alkanes) is 45. The molecule has 0 N–H and O–H groups in total. The van der Waals surface area contributed by atoms with Crippen LogP contribution in [0, 0.1) is 0 Å². The minimum atomic E-state index is -0.773. The molecule has 0 fully saturated rings. The van der Waals surface area contributed by atoms with Gasteiger partial charge in [-0.15, -0.1) is 0 Å². The van der Waals surface area contributed by atoms with Gasteiger partial charge in [-0.2, -0.15) is 0 Å². The Bertz CT molecular complexity index is 1440.